The second-order valence-electron chi connectivity index (χ2n) is 3.33. The van der Waals surface area contributed by atoms with E-state index in [1.807, 2.05) is 0 Å². The zero-order valence-electron chi connectivity index (χ0n) is 8.29. The fourth-order valence-corrected chi connectivity index (χ4v) is 2.28. The Balaban J connectivity index is 2.80. The smallest absolute Gasteiger partial charge is 0.378 e. The van der Waals surface area contributed by atoms with Crippen LogP contribution in [0.5, 0.6) is 5.75 Å². The minimum Gasteiger partial charge on any atom is -0.867 e. The largest absolute Gasteiger partial charge is 0.867 e. The van der Waals surface area contributed by atoms with E-state index in [4.69, 9.17) is 16.1 Å². The number of hydrogen-bond acceptors (Lipinski definition) is 4. The molecule has 86 valence electrons. The second kappa shape index (κ2) is 3.87. The molecule has 2 aromatic carbocycles. The number of benzene rings is 2. The summed E-state index contributed by atoms with van der Waals surface area (Å²) in [6.45, 7) is 0. The highest BCUT2D eigenvalue weighted by atomic mass is 35.7. The Morgan fingerprint density at radius 2 is 1.94 bits per heavy atom. The summed E-state index contributed by atoms with van der Waals surface area (Å²) in [5.74, 6) is -0.469. The van der Waals surface area contributed by atoms with Crippen molar-refractivity contribution in [2.24, 2.45) is 0 Å². The highest BCUT2D eigenvalue weighted by Crippen LogP contribution is 2.33. The predicted octanol–water partition coefficient (Wildman–Crippen LogP) is 2.33. The molecule has 0 bridgehead atoms. The van der Waals surface area contributed by atoms with Crippen molar-refractivity contribution in [3.8, 4) is 5.75 Å². The first-order chi connectivity index (χ1) is 7.93. The van der Waals surface area contributed by atoms with Crippen molar-refractivity contribution < 1.29 is 13.5 Å². The van der Waals surface area contributed by atoms with Gasteiger partial charge in [0.2, 0.25) is 5.39 Å². The van der Waals surface area contributed by atoms with Crippen LogP contribution >= 0.6 is 10.7 Å². The Morgan fingerprint density at radius 1 is 1.24 bits per heavy atom. The normalized spacial score (nSPS) is 11.3. The van der Waals surface area contributed by atoms with E-state index in [1.165, 1.54) is 30.3 Å². The van der Waals surface area contributed by atoms with Gasteiger partial charge in [0.1, 0.15) is 0 Å². The summed E-state index contributed by atoms with van der Waals surface area (Å²) in [5.41, 5.74) is -0.0982. The summed E-state index contributed by atoms with van der Waals surface area (Å²) >= 11 is 0. The Bertz CT molecular complexity index is 750. The highest BCUT2D eigenvalue weighted by molar-refractivity contribution is 8.13. The van der Waals surface area contributed by atoms with Crippen molar-refractivity contribution >= 4 is 36.2 Å². The minimum atomic E-state index is -3.83. The van der Waals surface area contributed by atoms with E-state index >= 15 is 0 Å². The predicted molar refractivity (Wildman–Crippen MR) is 61.2 cm³/mol. The Labute approximate surface area is 101 Å². The van der Waals surface area contributed by atoms with Crippen LogP contribution in [0.3, 0.4) is 0 Å². The van der Waals surface area contributed by atoms with Crippen molar-refractivity contribution in [1.29, 1.82) is 5.39 Å². The minimum absolute atomic E-state index is 0.0836. The summed E-state index contributed by atoms with van der Waals surface area (Å²) in [7, 11) is 1.37. The van der Waals surface area contributed by atoms with Gasteiger partial charge in [0.05, 0.1) is 4.90 Å². The lowest BCUT2D eigenvalue weighted by Crippen LogP contribution is -1.94. The number of diazo groups is 1. The molecule has 0 aliphatic carbocycles. The Hall–Kier alpha value is -1.84. The summed E-state index contributed by atoms with van der Waals surface area (Å²) in [5, 5.41) is 20.9. The first kappa shape index (κ1) is 11.6. The molecule has 5 nitrogen and oxygen atoms in total. The van der Waals surface area contributed by atoms with E-state index in [1.54, 1.807) is 0 Å². The molecule has 0 saturated heterocycles. The van der Waals surface area contributed by atoms with Crippen LogP contribution in [0, 0.1) is 5.39 Å². The van der Waals surface area contributed by atoms with E-state index in [0.717, 1.165) is 0 Å². The molecule has 0 radical (unpaired) electrons. The van der Waals surface area contributed by atoms with Crippen molar-refractivity contribution in [3.63, 3.8) is 0 Å². The van der Waals surface area contributed by atoms with Gasteiger partial charge in [-0.15, -0.1) is 0 Å². The van der Waals surface area contributed by atoms with Gasteiger partial charge in [-0.05, 0) is 34.7 Å². The molecule has 17 heavy (non-hydrogen) atoms. The monoisotopic (exact) mass is 268 g/mol. The maximum atomic E-state index is 11.7. The average molecular weight is 269 g/mol. The maximum Gasteiger partial charge on any atom is 0.378 e. The molecule has 0 aliphatic rings. The molecule has 0 aromatic heterocycles. The molecule has 0 N–H and O–H groups in total. The van der Waals surface area contributed by atoms with E-state index in [9.17, 15) is 13.5 Å². The zero-order valence-corrected chi connectivity index (χ0v) is 9.86. The SMILES string of the molecule is N#[N+]c1ccc2cc(S(=O)(=O)Cl)ccc2c1[O-]. The lowest BCUT2D eigenvalue weighted by atomic mass is 10.1. The molecule has 2 rings (SSSR count). The second-order valence-corrected chi connectivity index (χ2v) is 5.90. The van der Waals surface area contributed by atoms with Crippen LogP contribution in [0.25, 0.3) is 15.7 Å². The fraction of sp³-hybridized carbons (Fsp3) is 0. The van der Waals surface area contributed by atoms with Crippen molar-refractivity contribution in [2.75, 3.05) is 0 Å². The summed E-state index contributed by atoms with van der Waals surface area (Å²) in [6, 6.07) is 6.64. The van der Waals surface area contributed by atoms with Gasteiger partial charge in [-0.3, -0.25) is 0 Å². The van der Waals surface area contributed by atoms with Gasteiger partial charge in [0, 0.05) is 16.7 Å². The molecule has 0 heterocycles. The van der Waals surface area contributed by atoms with Crippen LogP contribution in [-0.2, 0) is 9.05 Å². The van der Waals surface area contributed by atoms with Gasteiger partial charge in [0.15, 0.2) is 4.98 Å². The van der Waals surface area contributed by atoms with E-state index in [-0.39, 0.29) is 16.0 Å². The van der Waals surface area contributed by atoms with Crippen molar-refractivity contribution in [2.45, 2.75) is 4.90 Å². The molecular weight excluding hydrogens is 264 g/mol. The Morgan fingerprint density at radius 3 is 2.53 bits per heavy atom. The van der Waals surface area contributed by atoms with Gasteiger partial charge in [0.25, 0.3) is 9.05 Å². The zero-order chi connectivity index (χ0) is 12.6. The van der Waals surface area contributed by atoms with Crippen molar-refractivity contribution in [3.05, 3.63) is 35.3 Å². The number of rotatable bonds is 1. The molecule has 0 aliphatic heterocycles. The van der Waals surface area contributed by atoms with Crippen LogP contribution in [0.4, 0.5) is 5.69 Å². The molecule has 0 fully saturated rings. The van der Waals surface area contributed by atoms with Crippen LogP contribution in [0.15, 0.2) is 35.2 Å². The number of fused-ring (bicyclic) bond motifs is 1. The first-order valence-corrected chi connectivity index (χ1v) is 6.78. The van der Waals surface area contributed by atoms with Gasteiger partial charge >= 0.3 is 5.69 Å². The topological polar surface area (TPSA) is 85.3 Å². The van der Waals surface area contributed by atoms with E-state index < -0.39 is 14.8 Å². The van der Waals surface area contributed by atoms with Crippen LogP contribution < -0.4 is 5.11 Å². The highest BCUT2D eigenvalue weighted by Gasteiger charge is 2.13. The van der Waals surface area contributed by atoms with Crippen LogP contribution in [-0.4, -0.2) is 8.42 Å². The molecule has 0 unspecified atom stereocenters. The lowest BCUT2D eigenvalue weighted by molar-refractivity contribution is -0.264. The molecule has 7 heteroatoms. The third-order valence-corrected chi connectivity index (χ3v) is 3.66. The molecule has 0 spiro atoms. The van der Waals surface area contributed by atoms with Gasteiger partial charge in [-0.2, -0.15) is 0 Å². The molecule has 0 amide bonds. The lowest BCUT2D eigenvalue weighted by Gasteiger charge is -2.07. The van der Waals surface area contributed by atoms with Gasteiger partial charge in [-0.1, -0.05) is 6.07 Å². The van der Waals surface area contributed by atoms with E-state index in [2.05, 4.69) is 4.98 Å². The third kappa shape index (κ3) is 2.02. The van der Waals surface area contributed by atoms with Gasteiger partial charge in [-0.25, -0.2) is 8.42 Å². The van der Waals surface area contributed by atoms with Gasteiger partial charge < -0.3 is 5.11 Å². The molecule has 2 aromatic rings. The molecule has 0 atom stereocenters. The number of nitrogens with zero attached hydrogens (tertiary/aromatic N) is 2. The Kier molecular flexibility index (Phi) is 2.65. The fourth-order valence-electron chi connectivity index (χ4n) is 1.50. The quantitative estimate of drug-likeness (QED) is 0.587. The number of halogens is 1. The number of hydrogen-bond donors (Lipinski definition) is 0. The van der Waals surface area contributed by atoms with Crippen LogP contribution in [0.1, 0.15) is 0 Å². The third-order valence-electron chi connectivity index (χ3n) is 2.31. The molecular formula is C10H5ClN2O3S. The van der Waals surface area contributed by atoms with E-state index in [0.29, 0.717) is 5.39 Å². The maximum absolute atomic E-state index is 11.7. The first-order valence-electron chi connectivity index (χ1n) is 4.47. The summed E-state index contributed by atoms with van der Waals surface area (Å²) < 4.78 is 22.2. The standard InChI is InChI=1S/C10H5ClN2O3S/c11-17(15,16)7-2-3-8-6(5-7)1-4-9(13-12)10(8)14/h1-5H. The van der Waals surface area contributed by atoms with Crippen LogP contribution in [0.2, 0.25) is 0 Å². The summed E-state index contributed by atoms with van der Waals surface area (Å²) in [4.78, 5) is 2.75. The van der Waals surface area contributed by atoms with Crippen molar-refractivity contribution in [1.82, 2.24) is 0 Å². The summed E-state index contributed by atoms with van der Waals surface area (Å²) in [6.07, 6.45) is 0. The average Bonchev–Trinajstić information content (AvgIpc) is 2.28. The molecule has 0 saturated carbocycles.